The van der Waals surface area contributed by atoms with Gasteiger partial charge in [0.05, 0.1) is 19.8 Å². The molecule has 0 saturated heterocycles. The molecule has 0 fully saturated rings. The van der Waals surface area contributed by atoms with Crippen LogP contribution < -0.4 is 0 Å². The Morgan fingerprint density at radius 1 is 0.926 bits per heavy atom. The minimum absolute atomic E-state index is 0.00686. The fourth-order valence-corrected chi connectivity index (χ4v) is 3.03. The van der Waals surface area contributed by atoms with E-state index in [-0.39, 0.29) is 12.2 Å². The van der Waals surface area contributed by atoms with Crippen molar-refractivity contribution in [1.29, 1.82) is 0 Å². The van der Waals surface area contributed by atoms with Crippen LogP contribution in [0.2, 0.25) is 0 Å². The lowest BCUT2D eigenvalue weighted by molar-refractivity contribution is -0.157. The molecule has 0 aromatic heterocycles. The number of carbonyl (C=O) groups excluding carboxylic acids is 3. The van der Waals surface area contributed by atoms with Gasteiger partial charge in [0.2, 0.25) is 0 Å². The molecule has 1 aliphatic rings. The molecule has 2 atom stereocenters. The second kappa shape index (κ2) is 8.62. The molecule has 0 N–H and O–H groups in total. The molecule has 0 bridgehead atoms. The molecule has 2 rings (SSSR count). The number of ether oxygens (including phenoxy) is 3. The molecule has 27 heavy (non-hydrogen) atoms. The Morgan fingerprint density at radius 2 is 1.56 bits per heavy atom. The first kappa shape index (κ1) is 20.4. The second-order valence-electron chi connectivity index (χ2n) is 6.32. The van der Waals surface area contributed by atoms with Gasteiger partial charge in [-0.05, 0) is 26.3 Å². The van der Waals surface area contributed by atoms with Crippen LogP contribution in [0, 0.1) is 18.8 Å². The molecule has 7 nitrogen and oxygen atoms in total. The van der Waals surface area contributed by atoms with Crippen molar-refractivity contribution in [2.45, 2.75) is 27.4 Å². The first-order valence-electron chi connectivity index (χ1n) is 8.44. The van der Waals surface area contributed by atoms with E-state index in [0.717, 1.165) is 11.1 Å². The van der Waals surface area contributed by atoms with Crippen molar-refractivity contribution < 1.29 is 28.6 Å². The number of esters is 3. The van der Waals surface area contributed by atoms with Crippen LogP contribution in [-0.4, -0.2) is 37.8 Å². The molecule has 0 spiro atoms. The highest BCUT2D eigenvalue weighted by Crippen LogP contribution is 2.33. The van der Waals surface area contributed by atoms with Gasteiger partial charge in [0.25, 0.3) is 0 Å². The number of hydrogen-bond acceptors (Lipinski definition) is 7. The van der Waals surface area contributed by atoms with Gasteiger partial charge in [-0.2, -0.15) is 0 Å². The zero-order valence-corrected chi connectivity index (χ0v) is 16.1. The molecule has 0 radical (unpaired) electrons. The number of methoxy groups -OCH3 is 2. The Balaban J connectivity index is 2.34. The highest BCUT2D eigenvalue weighted by atomic mass is 16.5. The Bertz CT molecular complexity index is 806. The Kier molecular flexibility index (Phi) is 6.50. The minimum atomic E-state index is -1.17. The van der Waals surface area contributed by atoms with Gasteiger partial charge < -0.3 is 14.2 Å². The third kappa shape index (κ3) is 4.42. The molecule has 1 aromatic carbocycles. The van der Waals surface area contributed by atoms with Gasteiger partial charge in [-0.15, -0.1) is 0 Å². The summed E-state index contributed by atoms with van der Waals surface area (Å²) < 4.78 is 15.0. The van der Waals surface area contributed by atoms with Crippen LogP contribution >= 0.6 is 0 Å². The third-order valence-electron chi connectivity index (χ3n) is 4.44. The number of carbonyl (C=O) groups is 3. The standard InChI is InChI=1S/C20H23NO6/c1-11-6-8-14(9-7-11)10-27-20(24)17-15(18(22)25-4)12(2)21-13(3)16(17)19(23)26-5/h6-9,15,17H,10H2,1-5H3/t15?,17-/m1/s1. The quantitative estimate of drug-likeness (QED) is 0.581. The molecule has 0 saturated carbocycles. The second-order valence-corrected chi connectivity index (χ2v) is 6.32. The van der Waals surface area contributed by atoms with Crippen molar-refractivity contribution in [3.63, 3.8) is 0 Å². The largest absolute Gasteiger partial charge is 0.468 e. The van der Waals surface area contributed by atoms with Crippen molar-refractivity contribution in [3.05, 3.63) is 46.7 Å². The van der Waals surface area contributed by atoms with E-state index in [1.807, 2.05) is 31.2 Å². The van der Waals surface area contributed by atoms with E-state index < -0.39 is 29.7 Å². The molecule has 7 heteroatoms. The summed E-state index contributed by atoms with van der Waals surface area (Å²) in [4.78, 5) is 41.6. The summed E-state index contributed by atoms with van der Waals surface area (Å²) in [5, 5.41) is 0. The van der Waals surface area contributed by atoms with Crippen LogP contribution in [0.25, 0.3) is 0 Å². The smallest absolute Gasteiger partial charge is 0.336 e. The van der Waals surface area contributed by atoms with E-state index in [2.05, 4.69) is 4.99 Å². The van der Waals surface area contributed by atoms with Gasteiger partial charge in [-0.25, -0.2) is 4.79 Å². The van der Waals surface area contributed by atoms with E-state index in [1.54, 1.807) is 13.8 Å². The normalized spacial score (nSPS) is 19.2. The molecule has 1 unspecified atom stereocenters. The van der Waals surface area contributed by atoms with Crippen LogP contribution in [0.1, 0.15) is 25.0 Å². The number of benzene rings is 1. The van der Waals surface area contributed by atoms with E-state index in [1.165, 1.54) is 14.2 Å². The number of nitrogens with zero attached hydrogens (tertiary/aromatic N) is 1. The summed E-state index contributed by atoms with van der Waals surface area (Å²) in [5.74, 6) is -4.32. The Labute approximate surface area is 158 Å². The highest BCUT2D eigenvalue weighted by Gasteiger charge is 2.46. The summed E-state index contributed by atoms with van der Waals surface area (Å²) in [6, 6.07) is 7.50. The SMILES string of the molecule is COC(=O)C1=C(C)N=C(C)C(C(=O)OC)[C@H]1C(=O)OCc1ccc(C)cc1. The lowest BCUT2D eigenvalue weighted by atomic mass is 9.80. The summed E-state index contributed by atoms with van der Waals surface area (Å²) in [7, 11) is 2.42. The van der Waals surface area contributed by atoms with Crippen LogP contribution in [0.4, 0.5) is 0 Å². The lowest BCUT2D eigenvalue weighted by Crippen LogP contribution is -2.42. The topological polar surface area (TPSA) is 91.3 Å². The van der Waals surface area contributed by atoms with Crippen LogP contribution in [0.15, 0.2) is 40.5 Å². The Morgan fingerprint density at radius 3 is 2.11 bits per heavy atom. The van der Waals surface area contributed by atoms with Gasteiger partial charge in [0.1, 0.15) is 18.4 Å². The van der Waals surface area contributed by atoms with E-state index in [4.69, 9.17) is 14.2 Å². The molecule has 1 heterocycles. The average Bonchev–Trinajstić information content (AvgIpc) is 2.65. The fourth-order valence-electron chi connectivity index (χ4n) is 3.03. The maximum atomic E-state index is 12.9. The monoisotopic (exact) mass is 373 g/mol. The van der Waals surface area contributed by atoms with Gasteiger partial charge in [-0.3, -0.25) is 14.6 Å². The van der Waals surface area contributed by atoms with E-state index in [9.17, 15) is 14.4 Å². The van der Waals surface area contributed by atoms with Gasteiger partial charge in [0, 0.05) is 11.4 Å². The minimum Gasteiger partial charge on any atom is -0.468 e. The van der Waals surface area contributed by atoms with Gasteiger partial charge in [-0.1, -0.05) is 29.8 Å². The van der Waals surface area contributed by atoms with Crippen LogP contribution in [-0.2, 0) is 35.2 Å². The lowest BCUT2D eigenvalue weighted by Gasteiger charge is -2.29. The maximum Gasteiger partial charge on any atom is 0.336 e. The number of aryl methyl sites for hydroxylation is 1. The van der Waals surface area contributed by atoms with Crippen molar-refractivity contribution >= 4 is 23.6 Å². The van der Waals surface area contributed by atoms with Crippen LogP contribution in [0.5, 0.6) is 0 Å². The third-order valence-corrected chi connectivity index (χ3v) is 4.44. The van der Waals surface area contributed by atoms with Crippen molar-refractivity contribution in [3.8, 4) is 0 Å². The van der Waals surface area contributed by atoms with Crippen molar-refractivity contribution in [1.82, 2.24) is 0 Å². The van der Waals surface area contributed by atoms with E-state index in [0.29, 0.717) is 11.4 Å². The molecule has 1 aliphatic heterocycles. The Hall–Kier alpha value is -2.96. The maximum absolute atomic E-state index is 12.9. The number of hydrogen-bond donors (Lipinski definition) is 0. The molecule has 144 valence electrons. The predicted molar refractivity (Wildman–Crippen MR) is 97.8 cm³/mol. The first-order chi connectivity index (χ1) is 12.8. The van der Waals surface area contributed by atoms with Gasteiger partial charge in [0.15, 0.2) is 0 Å². The molecule has 0 aliphatic carbocycles. The number of allylic oxidation sites excluding steroid dienone is 1. The average molecular weight is 373 g/mol. The summed E-state index contributed by atoms with van der Waals surface area (Å²) in [6.07, 6.45) is 0. The summed E-state index contributed by atoms with van der Waals surface area (Å²) >= 11 is 0. The zero-order valence-electron chi connectivity index (χ0n) is 16.1. The highest BCUT2D eigenvalue weighted by molar-refractivity contribution is 6.10. The van der Waals surface area contributed by atoms with E-state index >= 15 is 0 Å². The summed E-state index contributed by atoms with van der Waals surface area (Å²) in [5.41, 5.74) is 2.58. The predicted octanol–water partition coefficient (Wildman–Crippen LogP) is 2.37. The molecule has 1 aromatic rings. The fraction of sp³-hybridized carbons (Fsp3) is 0.400. The zero-order chi connectivity index (χ0) is 20.1. The number of aliphatic imine (C=N–C) groups is 1. The summed E-state index contributed by atoms with van der Waals surface area (Å²) in [6.45, 7) is 5.17. The van der Waals surface area contributed by atoms with Gasteiger partial charge >= 0.3 is 17.9 Å². The van der Waals surface area contributed by atoms with Crippen LogP contribution in [0.3, 0.4) is 0 Å². The van der Waals surface area contributed by atoms with Crippen molar-refractivity contribution in [2.24, 2.45) is 16.8 Å². The molecule has 0 amide bonds. The number of rotatable bonds is 5. The first-order valence-corrected chi connectivity index (χ1v) is 8.44. The molecular formula is C20H23NO6. The van der Waals surface area contributed by atoms with Crippen molar-refractivity contribution in [2.75, 3.05) is 14.2 Å². The molecular weight excluding hydrogens is 350 g/mol.